The van der Waals surface area contributed by atoms with Crippen molar-refractivity contribution >= 4 is 11.7 Å². The van der Waals surface area contributed by atoms with Gasteiger partial charge in [-0.2, -0.15) is 5.10 Å². The van der Waals surface area contributed by atoms with Crippen LogP contribution in [0.5, 0.6) is 0 Å². The number of anilines is 1. The molecule has 2 fully saturated rings. The topological polar surface area (TPSA) is 59.4 Å². The lowest BCUT2D eigenvalue weighted by molar-refractivity contribution is 0.0940. The van der Waals surface area contributed by atoms with Gasteiger partial charge < -0.3 is 15.0 Å². The maximum Gasteiger partial charge on any atom is 0.321 e. The van der Waals surface area contributed by atoms with Crippen molar-refractivity contribution in [2.24, 2.45) is 5.92 Å². The number of ether oxygens (including phenoxy) is 1. The van der Waals surface area contributed by atoms with Crippen molar-refractivity contribution in [2.75, 3.05) is 25.5 Å². The summed E-state index contributed by atoms with van der Waals surface area (Å²) in [4.78, 5) is 13.9. The third-order valence-corrected chi connectivity index (χ3v) is 4.40. The largest absolute Gasteiger partial charge is 0.376 e. The van der Waals surface area contributed by atoms with Gasteiger partial charge in [-0.05, 0) is 31.6 Å². The van der Waals surface area contributed by atoms with Crippen LogP contribution in [-0.4, -0.2) is 47.0 Å². The lowest BCUT2D eigenvalue weighted by Gasteiger charge is -2.30. The number of aromatic nitrogens is 2. The first-order chi connectivity index (χ1) is 10.2. The highest BCUT2D eigenvalue weighted by Crippen LogP contribution is 2.26. The summed E-state index contributed by atoms with van der Waals surface area (Å²) in [6, 6.07) is -0.0569. The average Bonchev–Trinajstić information content (AvgIpc) is 3.06. The van der Waals surface area contributed by atoms with Gasteiger partial charge in [0.1, 0.15) is 0 Å². The number of nitrogens with one attached hydrogen (secondary N) is 1. The Morgan fingerprint density at radius 3 is 3.00 bits per heavy atom. The van der Waals surface area contributed by atoms with Gasteiger partial charge in [0, 0.05) is 26.4 Å². The van der Waals surface area contributed by atoms with Crippen LogP contribution in [0.1, 0.15) is 32.1 Å². The molecule has 0 radical (unpaired) electrons. The first-order valence-corrected chi connectivity index (χ1v) is 7.87. The van der Waals surface area contributed by atoms with E-state index in [4.69, 9.17) is 4.74 Å². The van der Waals surface area contributed by atoms with Crippen molar-refractivity contribution < 1.29 is 9.53 Å². The van der Waals surface area contributed by atoms with Gasteiger partial charge in [0.2, 0.25) is 0 Å². The highest BCUT2D eigenvalue weighted by atomic mass is 16.5. The van der Waals surface area contributed by atoms with Crippen LogP contribution in [0.2, 0.25) is 0 Å². The minimum absolute atomic E-state index is 0.0569. The number of amides is 2. The summed E-state index contributed by atoms with van der Waals surface area (Å²) < 4.78 is 7.44. The van der Waals surface area contributed by atoms with Crippen molar-refractivity contribution in [3.63, 3.8) is 0 Å². The van der Waals surface area contributed by atoms with Crippen LogP contribution in [0, 0.1) is 5.92 Å². The van der Waals surface area contributed by atoms with Crippen LogP contribution in [0.15, 0.2) is 12.4 Å². The normalized spacial score (nSPS) is 22.0. The molecule has 1 saturated carbocycles. The molecule has 2 aliphatic rings. The molecule has 0 spiro atoms. The molecule has 0 bridgehead atoms. The van der Waals surface area contributed by atoms with E-state index in [9.17, 15) is 4.79 Å². The Morgan fingerprint density at radius 2 is 2.33 bits per heavy atom. The zero-order chi connectivity index (χ0) is 14.7. The van der Waals surface area contributed by atoms with Gasteiger partial charge in [0.15, 0.2) is 0 Å². The van der Waals surface area contributed by atoms with Crippen molar-refractivity contribution in [1.82, 2.24) is 14.7 Å². The lowest BCUT2D eigenvalue weighted by Crippen LogP contribution is -2.37. The summed E-state index contributed by atoms with van der Waals surface area (Å²) in [7, 11) is 1.85. The number of nitrogens with zero attached hydrogens (tertiary/aromatic N) is 3. The second-order valence-corrected chi connectivity index (χ2v) is 6.19. The van der Waals surface area contributed by atoms with E-state index < -0.39 is 0 Å². The molecule has 1 aromatic heterocycles. The van der Waals surface area contributed by atoms with Crippen LogP contribution in [0.3, 0.4) is 0 Å². The second-order valence-electron chi connectivity index (χ2n) is 6.19. The maximum atomic E-state index is 12.1. The quantitative estimate of drug-likeness (QED) is 0.906. The zero-order valence-electron chi connectivity index (χ0n) is 12.6. The number of hydrogen-bond acceptors (Lipinski definition) is 3. The fourth-order valence-corrected chi connectivity index (χ4v) is 2.89. The lowest BCUT2D eigenvalue weighted by atomic mass is 9.85. The van der Waals surface area contributed by atoms with Crippen molar-refractivity contribution in [3.8, 4) is 0 Å². The standard InChI is InChI=1S/C15H24N4O2/c1-18(9-12-4-2-5-12)15(20)17-13-8-16-19(10-13)11-14-6-3-7-21-14/h8,10,12,14H,2-7,9,11H2,1H3,(H,17,20)/t14-/m0/s1. The molecule has 116 valence electrons. The molecule has 1 atom stereocenters. The third kappa shape index (κ3) is 3.75. The van der Waals surface area contributed by atoms with Gasteiger partial charge in [0.05, 0.1) is 24.5 Å². The van der Waals surface area contributed by atoms with E-state index in [0.717, 1.165) is 38.2 Å². The van der Waals surface area contributed by atoms with Crippen LogP contribution in [0.4, 0.5) is 10.5 Å². The van der Waals surface area contributed by atoms with E-state index in [1.165, 1.54) is 19.3 Å². The smallest absolute Gasteiger partial charge is 0.321 e. The predicted octanol–water partition coefficient (Wildman–Crippen LogP) is 2.33. The van der Waals surface area contributed by atoms with Crippen LogP contribution in [-0.2, 0) is 11.3 Å². The van der Waals surface area contributed by atoms with Crippen LogP contribution in [0.25, 0.3) is 0 Å². The number of carbonyl (C=O) groups is 1. The number of hydrogen-bond donors (Lipinski definition) is 1. The van der Waals surface area contributed by atoms with Crippen LogP contribution >= 0.6 is 0 Å². The SMILES string of the molecule is CN(CC1CCC1)C(=O)Nc1cnn(C[C@@H]2CCCO2)c1. The molecule has 2 heterocycles. The summed E-state index contributed by atoms with van der Waals surface area (Å²) in [6.45, 7) is 2.45. The summed E-state index contributed by atoms with van der Waals surface area (Å²) in [5.74, 6) is 0.683. The minimum Gasteiger partial charge on any atom is -0.376 e. The molecule has 3 rings (SSSR count). The summed E-state index contributed by atoms with van der Waals surface area (Å²) in [5.41, 5.74) is 0.749. The van der Waals surface area contributed by atoms with E-state index >= 15 is 0 Å². The Morgan fingerprint density at radius 1 is 1.48 bits per heavy atom. The van der Waals surface area contributed by atoms with Crippen molar-refractivity contribution in [3.05, 3.63) is 12.4 Å². The molecule has 21 heavy (non-hydrogen) atoms. The second kappa shape index (κ2) is 6.47. The van der Waals surface area contributed by atoms with Gasteiger partial charge >= 0.3 is 6.03 Å². The number of rotatable bonds is 5. The minimum atomic E-state index is -0.0569. The van der Waals surface area contributed by atoms with Gasteiger partial charge in [-0.1, -0.05) is 6.42 Å². The predicted molar refractivity (Wildman–Crippen MR) is 80.2 cm³/mol. The molecular weight excluding hydrogens is 268 g/mol. The van der Waals surface area contributed by atoms with Crippen LogP contribution < -0.4 is 5.32 Å². The Balaban J connectivity index is 1.47. The molecule has 6 nitrogen and oxygen atoms in total. The fourth-order valence-electron chi connectivity index (χ4n) is 2.89. The highest BCUT2D eigenvalue weighted by Gasteiger charge is 2.21. The molecule has 1 aliphatic heterocycles. The molecule has 0 aromatic carbocycles. The first kappa shape index (κ1) is 14.4. The first-order valence-electron chi connectivity index (χ1n) is 7.87. The van der Waals surface area contributed by atoms with E-state index in [1.807, 2.05) is 17.9 Å². The zero-order valence-corrected chi connectivity index (χ0v) is 12.6. The number of urea groups is 1. The number of carbonyl (C=O) groups excluding carboxylic acids is 1. The van der Waals surface area contributed by atoms with E-state index in [-0.39, 0.29) is 12.1 Å². The van der Waals surface area contributed by atoms with Gasteiger partial charge in [-0.25, -0.2) is 4.79 Å². The summed E-state index contributed by atoms with van der Waals surface area (Å²) in [6.07, 6.45) is 9.84. The van der Waals surface area contributed by atoms with E-state index in [2.05, 4.69) is 10.4 Å². The molecule has 1 aromatic rings. The average molecular weight is 292 g/mol. The molecule has 1 N–H and O–H groups in total. The van der Waals surface area contributed by atoms with Crippen molar-refractivity contribution in [1.29, 1.82) is 0 Å². The van der Waals surface area contributed by atoms with E-state index in [0.29, 0.717) is 5.92 Å². The Labute approximate surface area is 125 Å². The van der Waals surface area contributed by atoms with Gasteiger partial charge in [-0.3, -0.25) is 4.68 Å². The van der Waals surface area contributed by atoms with Gasteiger partial charge in [0.25, 0.3) is 0 Å². The third-order valence-electron chi connectivity index (χ3n) is 4.40. The molecule has 2 amide bonds. The summed E-state index contributed by atoms with van der Waals surface area (Å²) >= 11 is 0. The van der Waals surface area contributed by atoms with Gasteiger partial charge in [-0.15, -0.1) is 0 Å². The maximum absolute atomic E-state index is 12.1. The monoisotopic (exact) mass is 292 g/mol. The van der Waals surface area contributed by atoms with Crippen molar-refractivity contribution in [2.45, 2.75) is 44.8 Å². The summed E-state index contributed by atoms with van der Waals surface area (Å²) in [5, 5.41) is 7.19. The molecule has 1 saturated heterocycles. The molecule has 1 aliphatic carbocycles. The Kier molecular flexibility index (Phi) is 4.43. The fraction of sp³-hybridized carbons (Fsp3) is 0.733. The highest BCUT2D eigenvalue weighted by molar-refractivity contribution is 5.88. The molecule has 6 heteroatoms. The molecule has 0 unspecified atom stereocenters. The Hall–Kier alpha value is -1.56. The molecular formula is C15H24N4O2. The Bertz CT molecular complexity index is 478. The van der Waals surface area contributed by atoms with E-state index in [1.54, 1.807) is 11.1 Å².